The highest BCUT2D eigenvalue weighted by molar-refractivity contribution is 6.52. The number of carbonyl (C=O) groups excluding carboxylic acids is 1. The molecule has 1 saturated heterocycles. The molecule has 0 aromatic heterocycles. The van der Waals surface area contributed by atoms with Crippen LogP contribution in [0.1, 0.15) is 54.0 Å². The first-order valence-electron chi connectivity index (χ1n) is 8.52. The second kappa shape index (κ2) is 6.85. The number of nitrogens with one attached hydrogen (secondary N) is 1. The number of benzene rings is 1. The minimum atomic E-state index is -0.518. The van der Waals surface area contributed by atoms with Gasteiger partial charge in [0.25, 0.3) is 0 Å². The summed E-state index contributed by atoms with van der Waals surface area (Å²) < 4.78 is 17.1. The van der Waals surface area contributed by atoms with Gasteiger partial charge in [-0.2, -0.15) is 0 Å². The fourth-order valence-electron chi connectivity index (χ4n) is 2.26. The van der Waals surface area contributed by atoms with Crippen molar-refractivity contribution in [3.63, 3.8) is 0 Å². The van der Waals surface area contributed by atoms with Crippen molar-refractivity contribution in [1.29, 1.82) is 0 Å². The van der Waals surface area contributed by atoms with Gasteiger partial charge in [0.1, 0.15) is 5.60 Å². The molecule has 2 rings (SSSR count). The van der Waals surface area contributed by atoms with Crippen molar-refractivity contribution in [2.45, 2.75) is 65.3 Å². The normalized spacial score (nSPS) is 19.2. The van der Waals surface area contributed by atoms with E-state index in [4.69, 9.17) is 14.0 Å². The minimum absolute atomic E-state index is 0.344. The number of amides is 1. The van der Waals surface area contributed by atoms with Crippen LogP contribution in [0.5, 0.6) is 0 Å². The van der Waals surface area contributed by atoms with Crippen LogP contribution in [0.3, 0.4) is 0 Å². The first-order chi connectivity index (χ1) is 11.4. The second-order valence-corrected chi connectivity index (χ2v) is 8.23. The molecule has 1 aromatic carbocycles. The first kappa shape index (κ1) is 19.5. The zero-order valence-corrected chi connectivity index (χ0v) is 16.2. The van der Waals surface area contributed by atoms with Crippen LogP contribution in [0.15, 0.2) is 30.2 Å². The maximum Gasteiger partial charge on any atom is 0.487 e. The molecular weight excluding hydrogens is 317 g/mol. The average molecular weight is 345 g/mol. The number of carbonyl (C=O) groups is 1. The largest absolute Gasteiger partial charge is 0.487 e. The lowest BCUT2D eigenvalue weighted by atomic mass is 9.89. The van der Waals surface area contributed by atoms with Crippen molar-refractivity contribution in [2.24, 2.45) is 0 Å². The van der Waals surface area contributed by atoms with E-state index in [-0.39, 0.29) is 18.3 Å². The SMILES string of the molecule is CC(C)(C)OC(=O)Nc1ccc(/C=C/B2OC(C)(C)C(C)(C)O2)cc1. The van der Waals surface area contributed by atoms with Crippen LogP contribution >= 0.6 is 0 Å². The zero-order valence-electron chi connectivity index (χ0n) is 16.2. The van der Waals surface area contributed by atoms with Gasteiger partial charge in [-0.1, -0.05) is 24.2 Å². The molecule has 1 fully saturated rings. The second-order valence-electron chi connectivity index (χ2n) is 8.23. The van der Waals surface area contributed by atoms with Crippen molar-refractivity contribution in [3.8, 4) is 0 Å². The highest BCUT2D eigenvalue weighted by Gasteiger charge is 2.49. The monoisotopic (exact) mass is 345 g/mol. The summed E-state index contributed by atoms with van der Waals surface area (Å²) in [4.78, 5) is 11.8. The fourth-order valence-corrected chi connectivity index (χ4v) is 2.26. The van der Waals surface area contributed by atoms with Gasteiger partial charge in [-0.3, -0.25) is 5.32 Å². The van der Waals surface area contributed by atoms with Gasteiger partial charge in [0.05, 0.1) is 11.2 Å². The van der Waals surface area contributed by atoms with E-state index in [1.165, 1.54) is 0 Å². The van der Waals surface area contributed by atoms with Gasteiger partial charge < -0.3 is 14.0 Å². The predicted octanol–water partition coefficient (Wildman–Crippen LogP) is 4.68. The van der Waals surface area contributed by atoms with Crippen molar-refractivity contribution in [2.75, 3.05) is 5.32 Å². The van der Waals surface area contributed by atoms with Gasteiger partial charge in [0, 0.05) is 5.69 Å². The third-order valence-corrected chi connectivity index (χ3v) is 4.27. The number of anilines is 1. The molecule has 0 atom stereocenters. The molecule has 5 nitrogen and oxygen atoms in total. The van der Waals surface area contributed by atoms with Crippen LogP contribution in [0.2, 0.25) is 0 Å². The molecule has 6 heteroatoms. The van der Waals surface area contributed by atoms with E-state index in [1.54, 1.807) is 0 Å². The quantitative estimate of drug-likeness (QED) is 0.809. The Hall–Kier alpha value is -1.79. The summed E-state index contributed by atoms with van der Waals surface area (Å²) in [5.74, 6) is 1.90. The molecule has 0 bridgehead atoms. The maximum atomic E-state index is 11.8. The first-order valence-corrected chi connectivity index (χ1v) is 8.52. The molecule has 0 spiro atoms. The lowest BCUT2D eigenvalue weighted by Gasteiger charge is -2.32. The van der Waals surface area contributed by atoms with Gasteiger partial charge in [-0.05, 0) is 66.2 Å². The van der Waals surface area contributed by atoms with Crippen LogP contribution in [-0.2, 0) is 14.0 Å². The van der Waals surface area contributed by atoms with Crippen molar-refractivity contribution in [3.05, 3.63) is 35.8 Å². The smallest absolute Gasteiger partial charge is 0.444 e. The number of rotatable bonds is 3. The third kappa shape index (κ3) is 5.34. The minimum Gasteiger partial charge on any atom is -0.444 e. The molecule has 0 radical (unpaired) electrons. The molecular formula is C19H28BNO4. The Balaban J connectivity index is 1.94. The zero-order chi connectivity index (χ0) is 18.9. The summed E-state index contributed by atoms with van der Waals surface area (Å²) in [6, 6.07) is 7.48. The third-order valence-electron chi connectivity index (χ3n) is 4.27. The predicted molar refractivity (Wildman–Crippen MR) is 101 cm³/mol. The van der Waals surface area contributed by atoms with Crippen LogP contribution in [-0.4, -0.2) is 30.0 Å². The van der Waals surface area contributed by atoms with Crippen molar-refractivity contribution in [1.82, 2.24) is 0 Å². The molecule has 1 aliphatic heterocycles. The molecule has 0 saturated carbocycles. The van der Waals surface area contributed by atoms with E-state index in [0.29, 0.717) is 5.69 Å². The molecule has 0 unspecified atom stereocenters. The number of ether oxygens (including phenoxy) is 1. The molecule has 1 amide bonds. The molecule has 0 aliphatic carbocycles. The summed E-state index contributed by atoms with van der Waals surface area (Å²) in [7, 11) is -0.371. The Morgan fingerprint density at radius 3 is 2.08 bits per heavy atom. The highest BCUT2D eigenvalue weighted by Crippen LogP contribution is 2.37. The topological polar surface area (TPSA) is 56.8 Å². The van der Waals surface area contributed by atoms with Crippen LogP contribution < -0.4 is 5.32 Å². The van der Waals surface area contributed by atoms with Gasteiger partial charge in [-0.25, -0.2) is 4.79 Å². The van der Waals surface area contributed by atoms with Crippen molar-refractivity contribution >= 4 is 25.0 Å². The van der Waals surface area contributed by atoms with E-state index in [1.807, 2.05) is 84.8 Å². The van der Waals surface area contributed by atoms with Crippen LogP contribution in [0.4, 0.5) is 10.5 Å². The lowest BCUT2D eigenvalue weighted by Crippen LogP contribution is -2.41. The molecule has 1 aromatic rings. The summed E-state index contributed by atoms with van der Waals surface area (Å²) in [6.07, 6.45) is 1.48. The van der Waals surface area contributed by atoms with Gasteiger partial charge in [-0.15, -0.1) is 0 Å². The fraction of sp³-hybridized carbons (Fsp3) is 0.526. The number of hydrogen-bond donors (Lipinski definition) is 1. The van der Waals surface area contributed by atoms with Crippen LogP contribution in [0.25, 0.3) is 6.08 Å². The molecule has 1 aliphatic rings. The average Bonchev–Trinajstić information content (AvgIpc) is 2.64. The molecule has 25 heavy (non-hydrogen) atoms. The van der Waals surface area contributed by atoms with E-state index in [2.05, 4.69) is 5.32 Å². The summed E-state index contributed by atoms with van der Waals surface area (Å²) in [5, 5.41) is 2.71. The Kier molecular flexibility index (Phi) is 5.35. The Bertz CT molecular complexity index is 628. The number of hydrogen-bond acceptors (Lipinski definition) is 4. The van der Waals surface area contributed by atoms with Gasteiger partial charge >= 0.3 is 13.2 Å². The van der Waals surface area contributed by atoms with E-state index in [9.17, 15) is 4.79 Å². The lowest BCUT2D eigenvalue weighted by molar-refractivity contribution is 0.00578. The maximum absolute atomic E-state index is 11.8. The highest BCUT2D eigenvalue weighted by atomic mass is 16.7. The Labute approximate surface area is 150 Å². The molecule has 1 N–H and O–H groups in total. The molecule has 136 valence electrons. The van der Waals surface area contributed by atoms with Gasteiger partial charge in [0.2, 0.25) is 0 Å². The molecule has 1 heterocycles. The Morgan fingerprint density at radius 2 is 1.60 bits per heavy atom. The van der Waals surface area contributed by atoms with E-state index >= 15 is 0 Å². The van der Waals surface area contributed by atoms with E-state index in [0.717, 1.165) is 5.56 Å². The Morgan fingerprint density at radius 1 is 1.08 bits per heavy atom. The van der Waals surface area contributed by atoms with E-state index < -0.39 is 11.7 Å². The van der Waals surface area contributed by atoms with Gasteiger partial charge in [0.15, 0.2) is 0 Å². The summed E-state index contributed by atoms with van der Waals surface area (Å²) in [5.41, 5.74) is 0.466. The van der Waals surface area contributed by atoms with Crippen molar-refractivity contribution < 1.29 is 18.8 Å². The summed E-state index contributed by atoms with van der Waals surface area (Å²) >= 11 is 0. The standard InChI is InChI=1S/C19H28BNO4/c1-17(2,3)23-16(22)21-15-10-8-14(9-11-15)12-13-20-24-18(4,5)19(6,7)25-20/h8-13H,1-7H3,(H,21,22)/b13-12+. The van der Waals surface area contributed by atoms with Crippen LogP contribution in [0, 0.1) is 0 Å². The summed E-state index contributed by atoms with van der Waals surface area (Å²) in [6.45, 7) is 13.6.